The molecule has 2 aromatic rings. The number of carbonyl (C=O) groups excluding carboxylic acids is 3. The Morgan fingerprint density at radius 1 is 1.03 bits per heavy atom. The molecule has 1 amide bonds. The largest absolute Gasteiger partial charge is 0.459 e. The first-order valence-electron chi connectivity index (χ1n) is 10.7. The van der Waals surface area contributed by atoms with Gasteiger partial charge in [0.2, 0.25) is 5.91 Å². The van der Waals surface area contributed by atoms with E-state index in [1.165, 1.54) is 13.0 Å². The molecule has 0 saturated carbocycles. The van der Waals surface area contributed by atoms with E-state index < -0.39 is 48.5 Å². The predicted molar refractivity (Wildman–Crippen MR) is 121 cm³/mol. The Balaban J connectivity index is 1.81. The summed E-state index contributed by atoms with van der Waals surface area (Å²) in [6, 6.07) is 15.5. The molecule has 34 heavy (non-hydrogen) atoms. The molecule has 1 fully saturated rings. The molecule has 9 heteroatoms. The standard InChI is InChI=1S/C25H27NO8/c1-3-14-31-25-20(26-16(2)27)22(34-24(30)18-12-8-5-9-13-18)21(28)19(33-25)15-32-23(29)17-10-6-4-7-11-17/h3-13,19-22,25,28H,1,14-15H2,2H3,(H,26,27)/t19-,20-,21+,22-,25-/m1/s1. The zero-order valence-electron chi connectivity index (χ0n) is 18.7. The van der Waals surface area contributed by atoms with E-state index in [0.29, 0.717) is 5.56 Å². The van der Waals surface area contributed by atoms with E-state index in [9.17, 15) is 19.5 Å². The van der Waals surface area contributed by atoms with E-state index in [2.05, 4.69) is 11.9 Å². The van der Waals surface area contributed by atoms with Gasteiger partial charge in [-0.15, -0.1) is 6.58 Å². The second-order valence-corrected chi connectivity index (χ2v) is 7.58. The van der Waals surface area contributed by atoms with Crippen LogP contribution in [0.5, 0.6) is 0 Å². The van der Waals surface area contributed by atoms with Crippen molar-refractivity contribution in [3.8, 4) is 0 Å². The van der Waals surface area contributed by atoms with Gasteiger partial charge in [0, 0.05) is 6.92 Å². The zero-order chi connectivity index (χ0) is 24.5. The van der Waals surface area contributed by atoms with E-state index in [-0.39, 0.29) is 18.8 Å². The van der Waals surface area contributed by atoms with Gasteiger partial charge in [-0.3, -0.25) is 4.79 Å². The fourth-order valence-electron chi connectivity index (χ4n) is 3.47. The van der Waals surface area contributed by atoms with Gasteiger partial charge in [0.05, 0.1) is 17.7 Å². The lowest BCUT2D eigenvalue weighted by molar-refractivity contribution is -0.266. The minimum absolute atomic E-state index is 0.0622. The number of aliphatic hydroxyl groups is 1. The van der Waals surface area contributed by atoms with Crippen molar-refractivity contribution in [3.63, 3.8) is 0 Å². The third-order valence-electron chi connectivity index (χ3n) is 5.06. The summed E-state index contributed by atoms with van der Waals surface area (Å²) >= 11 is 0. The minimum atomic E-state index is -1.43. The number of carbonyl (C=O) groups is 3. The molecule has 0 radical (unpaired) electrons. The lowest BCUT2D eigenvalue weighted by atomic mass is 9.96. The van der Waals surface area contributed by atoms with Gasteiger partial charge in [-0.05, 0) is 24.3 Å². The molecule has 3 rings (SSSR count). The van der Waals surface area contributed by atoms with Crippen molar-refractivity contribution < 1.29 is 38.4 Å². The first-order chi connectivity index (χ1) is 16.4. The molecule has 9 nitrogen and oxygen atoms in total. The Morgan fingerprint density at radius 2 is 1.62 bits per heavy atom. The monoisotopic (exact) mass is 469 g/mol. The quantitative estimate of drug-likeness (QED) is 0.422. The van der Waals surface area contributed by atoms with Crippen LogP contribution in [-0.4, -0.2) is 66.8 Å². The zero-order valence-corrected chi connectivity index (χ0v) is 18.7. The molecule has 1 saturated heterocycles. The highest BCUT2D eigenvalue weighted by Crippen LogP contribution is 2.26. The molecule has 1 aliphatic rings. The van der Waals surface area contributed by atoms with Gasteiger partial charge in [0.15, 0.2) is 12.4 Å². The van der Waals surface area contributed by atoms with Gasteiger partial charge in [-0.1, -0.05) is 42.5 Å². The van der Waals surface area contributed by atoms with Crippen molar-refractivity contribution in [1.82, 2.24) is 5.32 Å². The van der Waals surface area contributed by atoms with Gasteiger partial charge in [-0.25, -0.2) is 9.59 Å². The highest BCUT2D eigenvalue weighted by atomic mass is 16.7. The Bertz CT molecular complexity index is 981. The van der Waals surface area contributed by atoms with Crippen LogP contribution in [0.2, 0.25) is 0 Å². The van der Waals surface area contributed by atoms with Crippen LogP contribution >= 0.6 is 0 Å². The topological polar surface area (TPSA) is 120 Å². The molecule has 0 bridgehead atoms. The van der Waals surface area contributed by atoms with Crippen molar-refractivity contribution in [2.45, 2.75) is 37.6 Å². The molecule has 5 atom stereocenters. The van der Waals surface area contributed by atoms with Crippen molar-refractivity contribution in [1.29, 1.82) is 0 Å². The summed E-state index contributed by atoms with van der Waals surface area (Å²) in [4.78, 5) is 37.0. The summed E-state index contributed by atoms with van der Waals surface area (Å²) in [6.45, 7) is 4.60. The molecule has 2 N–H and O–H groups in total. The SMILES string of the molecule is C=CCO[C@@H]1O[C@H](COC(=O)c2ccccc2)[C@H](O)[C@H](OC(=O)c2ccccc2)[C@H]1NC(C)=O. The van der Waals surface area contributed by atoms with Crippen LogP contribution in [0.25, 0.3) is 0 Å². The van der Waals surface area contributed by atoms with Crippen molar-refractivity contribution in [3.05, 3.63) is 84.4 Å². The molecule has 0 unspecified atom stereocenters. The summed E-state index contributed by atoms with van der Waals surface area (Å²) in [5, 5.41) is 13.6. The summed E-state index contributed by atoms with van der Waals surface area (Å²) < 4.78 is 22.4. The second-order valence-electron chi connectivity index (χ2n) is 7.58. The number of hydrogen-bond donors (Lipinski definition) is 2. The highest BCUT2D eigenvalue weighted by Gasteiger charge is 2.49. The molecule has 180 valence electrons. The molecule has 0 aliphatic carbocycles. The van der Waals surface area contributed by atoms with Gasteiger partial charge in [-0.2, -0.15) is 0 Å². The van der Waals surface area contributed by atoms with Crippen LogP contribution in [0, 0.1) is 0 Å². The summed E-state index contributed by atoms with van der Waals surface area (Å²) in [6.07, 6.45) is -3.41. The number of amides is 1. The third kappa shape index (κ3) is 6.50. The summed E-state index contributed by atoms with van der Waals surface area (Å²) in [7, 11) is 0. The van der Waals surface area contributed by atoms with Crippen molar-refractivity contribution in [2.75, 3.05) is 13.2 Å². The van der Waals surface area contributed by atoms with E-state index >= 15 is 0 Å². The van der Waals surface area contributed by atoms with E-state index in [0.717, 1.165) is 0 Å². The fourth-order valence-corrected chi connectivity index (χ4v) is 3.47. The number of ether oxygens (including phenoxy) is 4. The number of nitrogens with one attached hydrogen (secondary N) is 1. The van der Waals surface area contributed by atoms with E-state index in [1.54, 1.807) is 60.7 Å². The van der Waals surface area contributed by atoms with Crippen molar-refractivity contribution >= 4 is 17.8 Å². The number of rotatable bonds is 9. The number of esters is 2. The van der Waals surface area contributed by atoms with Crippen LogP contribution < -0.4 is 5.32 Å². The Morgan fingerprint density at radius 3 is 2.18 bits per heavy atom. The number of hydrogen-bond acceptors (Lipinski definition) is 8. The van der Waals surface area contributed by atoms with Gasteiger partial charge >= 0.3 is 11.9 Å². The molecular formula is C25H27NO8. The molecular weight excluding hydrogens is 442 g/mol. The van der Waals surface area contributed by atoms with Crippen LogP contribution in [0.1, 0.15) is 27.6 Å². The lowest BCUT2D eigenvalue weighted by Gasteiger charge is -2.43. The fraction of sp³-hybridized carbons (Fsp3) is 0.320. The van der Waals surface area contributed by atoms with Crippen LogP contribution in [0.15, 0.2) is 73.3 Å². The molecule has 1 aliphatic heterocycles. The predicted octanol–water partition coefficient (Wildman–Crippen LogP) is 1.86. The molecule has 0 aromatic heterocycles. The molecule has 0 spiro atoms. The molecule has 2 aromatic carbocycles. The Labute approximate surface area is 197 Å². The van der Waals surface area contributed by atoms with E-state index in [4.69, 9.17) is 18.9 Å². The maximum Gasteiger partial charge on any atom is 0.338 e. The third-order valence-corrected chi connectivity index (χ3v) is 5.06. The Kier molecular flexibility index (Phi) is 8.92. The van der Waals surface area contributed by atoms with Gasteiger partial charge in [0.1, 0.15) is 24.9 Å². The number of aliphatic hydroxyl groups excluding tert-OH is 1. The van der Waals surface area contributed by atoms with Crippen LogP contribution in [-0.2, 0) is 23.7 Å². The summed E-state index contributed by atoms with van der Waals surface area (Å²) in [5.41, 5.74) is 0.591. The number of benzene rings is 2. The lowest BCUT2D eigenvalue weighted by Crippen LogP contribution is -2.65. The smallest absolute Gasteiger partial charge is 0.338 e. The van der Waals surface area contributed by atoms with Gasteiger partial charge < -0.3 is 29.4 Å². The second kappa shape index (κ2) is 12.1. The average Bonchev–Trinajstić information content (AvgIpc) is 2.85. The minimum Gasteiger partial charge on any atom is -0.459 e. The summed E-state index contributed by atoms with van der Waals surface area (Å²) in [5.74, 6) is -1.76. The van der Waals surface area contributed by atoms with Gasteiger partial charge in [0.25, 0.3) is 0 Å². The van der Waals surface area contributed by atoms with E-state index in [1.807, 2.05) is 0 Å². The Hall–Kier alpha value is -3.53. The molecule has 1 heterocycles. The highest BCUT2D eigenvalue weighted by molar-refractivity contribution is 5.90. The maximum atomic E-state index is 12.7. The first kappa shape index (κ1) is 25.1. The normalized spacial score (nSPS) is 24.0. The van der Waals surface area contributed by atoms with Crippen LogP contribution in [0.3, 0.4) is 0 Å². The average molecular weight is 469 g/mol. The maximum absolute atomic E-state index is 12.7. The first-order valence-corrected chi connectivity index (χ1v) is 10.7. The van der Waals surface area contributed by atoms with Crippen molar-refractivity contribution in [2.24, 2.45) is 0 Å². The van der Waals surface area contributed by atoms with Crippen LogP contribution in [0.4, 0.5) is 0 Å².